The van der Waals surface area contributed by atoms with E-state index in [1.54, 1.807) is 14.0 Å². The van der Waals surface area contributed by atoms with Crippen molar-refractivity contribution >= 4 is 23.5 Å². The van der Waals surface area contributed by atoms with Gasteiger partial charge in [0.05, 0.1) is 13.3 Å². The van der Waals surface area contributed by atoms with Crippen molar-refractivity contribution in [2.24, 2.45) is 7.05 Å². The molecule has 1 amide bonds. The zero-order valence-corrected chi connectivity index (χ0v) is 21.6. The number of ether oxygens (including phenoxy) is 2. The molecule has 198 valence electrons. The molecule has 1 aromatic heterocycles. The number of aromatic nitrogens is 2. The first-order valence-corrected chi connectivity index (χ1v) is 12.8. The van der Waals surface area contributed by atoms with E-state index in [1.807, 2.05) is 65.6 Å². The third-order valence-electron chi connectivity index (χ3n) is 7.20. The van der Waals surface area contributed by atoms with Crippen LogP contribution in [0.1, 0.15) is 35.8 Å². The molecule has 5 rings (SSSR count). The Balaban J connectivity index is 1.42. The van der Waals surface area contributed by atoms with Gasteiger partial charge in [-0.3, -0.25) is 14.2 Å². The van der Waals surface area contributed by atoms with Crippen LogP contribution in [0.5, 0.6) is 5.75 Å². The van der Waals surface area contributed by atoms with Crippen molar-refractivity contribution in [1.82, 2.24) is 14.9 Å². The molecular weight excluding hydrogens is 486 g/mol. The molecule has 0 bridgehead atoms. The van der Waals surface area contributed by atoms with Crippen LogP contribution < -0.4 is 25.4 Å². The van der Waals surface area contributed by atoms with Gasteiger partial charge in [0.25, 0.3) is 5.56 Å². The largest absolute Gasteiger partial charge is 0.481 e. The predicted octanol–water partition coefficient (Wildman–Crippen LogP) is 2.47. The van der Waals surface area contributed by atoms with E-state index in [1.165, 1.54) is 4.57 Å². The van der Waals surface area contributed by atoms with Crippen molar-refractivity contribution in [2.45, 2.75) is 31.9 Å². The summed E-state index contributed by atoms with van der Waals surface area (Å²) < 4.78 is 12.4. The second-order valence-corrected chi connectivity index (χ2v) is 9.39. The van der Waals surface area contributed by atoms with Crippen molar-refractivity contribution in [3.63, 3.8) is 0 Å². The molecule has 2 fully saturated rings. The van der Waals surface area contributed by atoms with Crippen LogP contribution in [0.25, 0.3) is 0 Å². The number of carbonyl (C=O) groups excluding carboxylic acids is 2. The number of carbonyl (C=O) groups is 2. The molecule has 10 nitrogen and oxygen atoms in total. The zero-order chi connectivity index (χ0) is 26.7. The SMILES string of the molecule is CCOC(=O)c1nc(N2CCC3(CC2)C(=O)NCN3c2ccccc2)n(C)c(=O)c1OCc1ccccc1. The van der Waals surface area contributed by atoms with E-state index in [0.29, 0.717) is 38.5 Å². The first kappa shape index (κ1) is 25.3. The van der Waals surface area contributed by atoms with E-state index in [2.05, 4.69) is 15.2 Å². The van der Waals surface area contributed by atoms with Crippen molar-refractivity contribution in [3.05, 3.63) is 82.3 Å². The molecule has 0 atom stereocenters. The van der Waals surface area contributed by atoms with Crippen molar-refractivity contribution in [2.75, 3.05) is 36.2 Å². The molecule has 0 radical (unpaired) electrons. The predicted molar refractivity (Wildman–Crippen MR) is 142 cm³/mol. The fourth-order valence-electron chi connectivity index (χ4n) is 5.16. The molecule has 0 aliphatic carbocycles. The molecule has 2 aliphatic rings. The van der Waals surface area contributed by atoms with Gasteiger partial charge >= 0.3 is 5.97 Å². The molecule has 2 aliphatic heterocycles. The number of para-hydroxylation sites is 1. The molecular formula is C28H31N5O5. The summed E-state index contributed by atoms with van der Waals surface area (Å²) in [7, 11) is 1.61. The van der Waals surface area contributed by atoms with Crippen LogP contribution in [-0.2, 0) is 23.2 Å². The lowest BCUT2D eigenvalue weighted by Gasteiger charge is -2.43. The monoisotopic (exact) mass is 517 g/mol. The van der Waals surface area contributed by atoms with Crippen LogP contribution in [0.3, 0.4) is 0 Å². The average Bonchev–Trinajstić information content (AvgIpc) is 3.26. The summed E-state index contributed by atoms with van der Waals surface area (Å²) in [5.41, 5.74) is 0.533. The molecule has 38 heavy (non-hydrogen) atoms. The minimum atomic E-state index is -0.714. The Morgan fingerprint density at radius 2 is 1.68 bits per heavy atom. The van der Waals surface area contributed by atoms with Gasteiger partial charge in [0.2, 0.25) is 17.6 Å². The maximum absolute atomic E-state index is 13.4. The summed E-state index contributed by atoms with van der Waals surface area (Å²) >= 11 is 0. The number of esters is 1. The highest BCUT2D eigenvalue weighted by molar-refractivity contribution is 5.94. The van der Waals surface area contributed by atoms with Gasteiger partial charge in [-0.2, -0.15) is 0 Å². The van der Waals surface area contributed by atoms with Crippen LogP contribution in [0.15, 0.2) is 65.5 Å². The van der Waals surface area contributed by atoms with Crippen LogP contribution in [0, 0.1) is 0 Å². The van der Waals surface area contributed by atoms with Gasteiger partial charge in [-0.1, -0.05) is 48.5 Å². The summed E-state index contributed by atoms with van der Waals surface area (Å²) in [6, 6.07) is 19.2. The topological polar surface area (TPSA) is 106 Å². The minimum Gasteiger partial charge on any atom is -0.481 e. The quantitative estimate of drug-likeness (QED) is 0.477. The highest BCUT2D eigenvalue weighted by atomic mass is 16.5. The molecule has 0 saturated carbocycles. The Bertz CT molecular complexity index is 1370. The Morgan fingerprint density at radius 1 is 1.03 bits per heavy atom. The molecule has 2 saturated heterocycles. The fourth-order valence-corrected chi connectivity index (χ4v) is 5.16. The fraction of sp³-hybridized carbons (Fsp3) is 0.357. The number of nitrogens with one attached hydrogen (secondary N) is 1. The molecule has 2 aromatic carbocycles. The first-order chi connectivity index (χ1) is 18.4. The van der Waals surface area contributed by atoms with Crippen molar-refractivity contribution in [3.8, 4) is 5.75 Å². The third kappa shape index (κ3) is 4.57. The Morgan fingerprint density at radius 3 is 2.34 bits per heavy atom. The lowest BCUT2D eigenvalue weighted by atomic mass is 9.85. The van der Waals surface area contributed by atoms with Crippen LogP contribution in [0.2, 0.25) is 0 Å². The number of benzene rings is 2. The lowest BCUT2D eigenvalue weighted by Crippen LogP contribution is -2.57. The zero-order valence-electron chi connectivity index (χ0n) is 21.6. The number of anilines is 2. The van der Waals surface area contributed by atoms with Crippen LogP contribution >= 0.6 is 0 Å². The van der Waals surface area contributed by atoms with E-state index < -0.39 is 17.1 Å². The first-order valence-electron chi connectivity index (χ1n) is 12.8. The number of piperidine rings is 1. The molecule has 1 N–H and O–H groups in total. The van der Waals surface area contributed by atoms with E-state index >= 15 is 0 Å². The number of hydrogen-bond acceptors (Lipinski definition) is 8. The molecule has 0 unspecified atom stereocenters. The average molecular weight is 518 g/mol. The number of amides is 1. The Labute approximate surface area is 220 Å². The molecule has 3 aromatic rings. The molecule has 10 heteroatoms. The Kier molecular flexibility index (Phi) is 7.04. The van der Waals surface area contributed by atoms with Gasteiger partial charge in [-0.25, -0.2) is 9.78 Å². The normalized spacial score (nSPS) is 16.4. The van der Waals surface area contributed by atoms with E-state index in [9.17, 15) is 14.4 Å². The maximum atomic E-state index is 13.4. The van der Waals surface area contributed by atoms with Gasteiger partial charge in [-0.05, 0) is 37.5 Å². The van der Waals surface area contributed by atoms with E-state index in [4.69, 9.17) is 9.47 Å². The van der Waals surface area contributed by atoms with Gasteiger partial charge in [0.1, 0.15) is 12.1 Å². The maximum Gasteiger partial charge on any atom is 0.361 e. The summed E-state index contributed by atoms with van der Waals surface area (Å²) in [4.78, 5) is 47.9. The highest BCUT2D eigenvalue weighted by Crippen LogP contribution is 2.37. The summed E-state index contributed by atoms with van der Waals surface area (Å²) in [5, 5.41) is 3.00. The number of hydrogen-bond donors (Lipinski definition) is 1. The highest BCUT2D eigenvalue weighted by Gasteiger charge is 2.50. The van der Waals surface area contributed by atoms with E-state index in [0.717, 1.165) is 11.3 Å². The third-order valence-corrected chi connectivity index (χ3v) is 7.20. The second kappa shape index (κ2) is 10.6. The van der Waals surface area contributed by atoms with Crippen molar-refractivity contribution in [1.29, 1.82) is 0 Å². The summed E-state index contributed by atoms with van der Waals surface area (Å²) in [5.74, 6) is -0.518. The number of nitrogens with zero attached hydrogens (tertiary/aromatic N) is 4. The van der Waals surface area contributed by atoms with Crippen LogP contribution in [0.4, 0.5) is 11.6 Å². The standard InChI is InChI=1S/C28H31N5O5/c1-3-37-25(35)22-23(38-18-20-10-6-4-7-11-20)24(34)31(2)27(30-22)32-16-14-28(15-17-32)26(36)29-19-33(28)21-12-8-5-9-13-21/h4-13H,3,14-19H2,1-2H3,(H,29,36). The molecule has 3 heterocycles. The van der Waals surface area contributed by atoms with Gasteiger partial charge < -0.3 is 24.6 Å². The van der Waals surface area contributed by atoms with E-state index in [-0.39, 0.29) is 30.6 Å². The van der Waals surface area contributed by atoms with Crippen molar-refractivity contribution < 1.29 is 19.1 Å². The smallest absolute Gasteiger partial charge is 0.361 e. The second-order valence-electron chi connectivity index (χ2n) is 9.39. The summed E-state index contributed by atoms with van der Waals surface area (Å²) in [6.45, 7) is 3.34. The van der Waals surface area contributed by atoms with Crippen LogP contribution in [-0.4, -0.2) is 53.3 Å². The number of rotatable bonds is 7. The Hall–Kier alpha value is -4.34. The molecule has 1 spiro atoms. The lowest BCUT2D eigenvalue weighted by molar-refractivity contribution is -0.124. The van der Waals surface area contributed by atoms with Gasteiger partial charge in [0, 0.05) is 25.8 Å². The van der Waals surface area contributed by atoms with Gasteiger partial charge in [-0.15, -0.1) is 0 Å². The summed E-state index contributed by atoms with van der Waals surface area (Å²) in [6.07, 6.45) is 1.06. The minimum absolute atomic E-state index is 0.000256. The van der Waals surface area contributed by atoms with Gasteiger partial charge in [0.15, 0.2) is 5.69 Å².